The Morgan fingerprint density at radius 1 is 1.42 bits per heavy atom. The van der Waals surface area contributed by atoms with Crippen molar-refractivity contribution in [2.45, 2.75) is 12.8 Å². The van der Waals surface area contributed by atoms with Gasteiger partial charge in [-0.1, -0.05) is 15.9 Å². The molecule has 100 valence electrons. The second kappa shape index (κ2) is 6.16. The summed E-state index contributed by atoms with van der Waals surface area (Å²) in [5, 5.41) is 10.8. The number of aromatic nitrogens is 1. The number of nitrogens with zero attached hydrogens (tertiary/aromatic N) is 2. The number of alkyl halides is 1. The molecule has 0 aliphatic carbocycles. The minimum atomic E-state index is -0.445. The lowest BCUT2D eigenvalue weighted by Gasteiger charge is -1.99. The number of oxazole rings is 1. The molecule has 1 heterocycles. The summed E-state index contributed by atoms with van der Waals surface area (Å²) in [6.07, 6.45) is 2.99. The Balaban J connectivity index is 2.30. The molecule has 0 spiro atoms. The molecular weight excluding hydrogens is 336 g/mol. The molecule has 0 fully saturated rings. The zero-order chi connectivity index (χ0) is 13.8. The fraction of sp³-hybridized carbons (Fsp3) is 0.250. The normalized spacial score (nSPS) is 10.6. The van der Waals surface area contributed by atoms with E-state index in [1.807, 2.05) is 0 Å². The van der Waals surface area contributed by atoms with E-state index in [2.05, 4.69) is 20.9 Å². The number of hydrogen-bond acceptors (Lipinski definition) is 4. The lowest BCUT2D eigenvalue weighted by atomic mass is 10.1. The number of hydrogen-bond donors (Lipinski definition) is 0. The van der Waals surface area contributed by atoms with Crippen LogP contribution in [0.2, 0.25) is 0 Å². The summed E-state index contributed by atoms with van der Waals surface area (Å²) in [7, 11) is 0. The van der Waals surface area contributed by atoms with Crippen LogP contribution in [0, 0.1) is 10.1 Å². The highest BCUT2D eigenvalue weighted by Crippen LogP contribution is 2.29. The summed E-state index contributed by atoms with van der Waals surface area (Å²) in [5.41, 5.74) is 0.619. The van der Waals surface area contributed by atoms with Crippen LogP contribution in [0.4, 0.5) is 5.69 Å². The van der Waals surface area contributed by atoms with Crippen molar-refractivity contribution in [1.29, 1.82) is 0 Å². The van der Waals surface area contributed by atoms with E-state index in [1.165, 1.54) is 12.1 Å². The molecular formula is C12H10BrClN2O3. The number of halogens is 2. The summed E-state index contributed by atoms with van der Waals surface area (Å²) in [6, 6.07) is 4.64. The number of benzene rings is 1. The molecule has 2 rings (SSSR count). The van der Waals surface area contributed by atoms with Crippen LogP contribution in [-0.2, 0) is 6.42 Å². The molecule has 0 aliphatic heterocycles. The second-order valence-corrected chi connectivity index (χ2v) is 5.16. The van der Waals surface area contributed by atoms with Gasteiger partial charge in [-0.05, 0) is 12.5 Å². The minimum absolute atomic E-state index is 0.00285. The van der Waals surface area contributed by atoms with Crippen molar-refractivity contribution in [1.82, 2.24) is 4.98 Å². The van der Waals surface area contributed by atoms with Gasteiger partial charge in [0.05, 0.1) is 11.1 Å². The van der Waals surface area contributed by atoms with Crippen molar-refractivity contribution in [2.75, 3.05) is 5.88 Å². The predicted molar refractivity (Wildman–Crippen MR) is 75.3 cm³/mol. The average Bonchev–Trinajstić information content (AvgIpc) is 2.84. The Morgan fingerprint density at radius 2 is 2.21 bits per heavy atom. The first kappa shape index (κ1) is 14.0. The molecule has 1 aromatic heterocycles. The van der Waals surface area contributed by atoms with Crippen molar-refractivity contribution >= 4 is 33.2 Å². The van der Waals surface area contributed by atoms with Crippen molar-refractivity contribution in [3.63, 3.8) is 0 Å². The van der Waals surface area contributed by atoms with Crippen LogP contribution < -0.4 is 0 Å². The molecule has 0 atom stereocenters. The van der Waals surface area contributed by atoms with Crippen LogP contribution in [0.1, 0.15) is 12.3 Å². The fourth-order valence-electron chi connectivity index (χ4n) is 1.60. The van der Waals surface area contributed by atoms with Crippen LogP contribution in [0.15, 0.2) is 33.3 Å². The van der Waals surface area contributed by atoms with E-state index in [-0.39, 0.29) is 5.69 Å². The molecule has 5 nitrogen and oxygen atoms in total. The molecule has 0 amide bonds. The quantitative estimate of drug-likeness (QED) is 0.463. The minimum Gasteiger partial charge on any atom is -0.441 e. The predicted octanol–water partition coefficient (Wildman–Crippen LogP) is 4.18. The molecule has 0 saturated heterocycles. The summed E-state index contributed by atoms with van der Waals surface area (Å²) >= 11 is 8.84. The molecule has 2 aromatic rings. The molecule has 0 unspecified atom stereocenters. The zero-order valence-corrected chi connectivity index (χ0v) is 12.1. The van der Waals surface area contributed by atoms with E-state index in [0.29, 0.717) is 34.0 Å². The SMILES string of the molecule is O=[N+]([O-])c1cc(Br)cc(-c2cnc(CCCCl)o2)c1. The van der Waals surface area contributed by atoms with Gasteiger partial charge in [0.2, 0.25) is 0 Å². The molecule has 7 heteroatoms. The van der Waals surface area contributed by atoms with Crippen LogP contribution in [-0.4, -0.2) is 15.8 Å². The van der Waals surface area contributed by atoms with E-state index < -0.39 is 4.92 Å². The highest BCUT2D eigenvalue weighted by molar-refractivity contribution is 9.10. The highest BCUT2D eigenvalue weighted by Gasteiger charge is 2.13. The summed E-state index contributed by atoms with van der Waals surface area (Å²) in [5.74, 6) is 1.63. The number of non-ortho nitro benzene ring substituents is 1. The molecule has 0 aliphatic rings. The first-order valence-corrected chi connectivity index (χ1v) is 6.89. The molecule has 0 bridgehead atoms. The van der Waals surface area contributed by atoms with E-state index in [1.54, 1.807) is 12.3 Å². The maximum atomic E-state index is 10.8. The zero-order valence-electron chi connectivity index (χ0n) is 9.81. The maximum absolute atomic E-state index is 10.8. The Hall–Kier alpha value is -1.40. The fourth-order valence-corrected chi connectivity index (χ4v) is 2.21. The van der Waals surface area contributed by atoms with Crippen molar-refractivity contribution < 1.29 is 9.34 Å². The van der Waals surface area contributed by atoms with Gasteiger partial charge in [-0.25, -0.2) is 4.98 Å². The standard InChI is InChI=1S/C12H10BrClN2O3/c13-9-4-8(5-10(6-9)16(17)18)11-7-15-12(19-11)2-1-3-14/h4-7H,1-3H2. The van der Waals surface area contributed by atoms with Gasteiger partial charge in [0, 0.05) is 34.5 Å². The van der Waals surface area contributed by atoms with Crippen LogP contribution in [0.3, 0.4) is 0 Å². The Kier molecular flexibility index (Phi) is 4.55. The van der Waals surface area contributed by atoms with Gasteiger partial charge in [-0.2, -0.15) is 0 Å². The molecule has 0 radical (unpaired) electrons. The van der Waals surface area contributed by atoms with Gasteiger partial charge in [-0.3, -0.25) is 10.1 Å². The number of nitro benzene ring substituents is 1. The average molecular weight is 346 g/mol. The second-order valence-electron chi connectivity index (χ2n) is 3.87. The van der Waals surface area contributed by atoms with Crippen molar-refractivity contribution in [3.05, 3.63) is 44.9 Å². The maximum Gasteiger partial charge on any atom is 0.271 e. The summed E-state index contributed by atoms with van der Waals surface area (Å²) in [6.45, 7) is 0. The Bertz CT molecular complexity index is 600. The molecule has 1 aromatic carbocycles. The van der Waals surface area contributed by atoms with Gasteiger partial charge in [-0.15, -0.1) is 11.6 Å². The summed E-state index contributed by atoms with van der Waals surface area (Å²) < 4.78 is 6.17. The first-order valence-electron chi connectivity index (χ1n) is 5.56. The van der Waals surface area contributed by atoms with Gasteiger partial charge < -0.3 is 4.42 Å². The molecule has 19 heavy (non-hydrogen) atoms. The molecule has 0 N–H and O–H groups in total. The van der Waals surface area contributed by atoms with E-state index in [9.17, 15) is 10.1 Å². The van der Waals surface area contributed by atoms with Gasteiger partial charge in [0.1, 0.15) is 0 Å². The van der Waals surface area contributed by atoms with E-state index in [0.717, 1.165) is 6.42 Å². The first-order chi connectivity index (χ1) is 9.10. The monoisotopic (exact) mass is 344 g/mol. The third kappa shape index (κ3) is 3.54. The van der Waals surface area contributed by atoms with Crippen molar-refractivity contribution in [2.24, 2.45) is 0 Å². The summed E-state index contributed by atoms with van der Waals surface area (Å²) in [4.78, 5) is 14.5. The smallest absolute Gasteiger partial charge is 0.271 e. The van der Waals surface area contributed by atoms with E-state index >= 15 is 0 Å². The highest BCUT2D eigenvalue weighted by atomic mass is 79.9. The largest absolute Gasteiger partial charge is 0.441 e. The molecule has 0 saturated carbocycles. The van der Waals surface area contributed by atoms with Crippen LogP contribution >= 0.6 is 27.5 Å². The van der Waals surface area contributed by atoms with Crippen LogP contribution in [0.25, 0.3) is 11.3 Å². The Labute approximate surface area is 122 Å². The van der Waals surface area contributed by atoms with Crippen LogP contribution in [0.5, 0.6) is 0 Å². The van der Waals surface area contributed by atoms with Crippen molar-refractivity contribution in [3.8, 4) is 11.3 Å². The topological polar surface area (TPSA) is 69.2 Å². The van der Waals surface area contributed by atoms with E-state index in [4.69, 9.17) is 16.0 Å². The third-order valence-electron chi connectivity index (χ3n) is 2.46. The number of rotatable bonds is 5. The number of nitro groups is 1. The van der Waals surface area contributed by atoms with Gasteiger partial charge >= 0.3 is 0 Å². The van der Waals surface area contributed by atoms with Gasteiger partial charge in [0.15, 0.2) is 11.7 Å². The van der Waals surface area contributed by atoms with Gasteiger partial charge in [0.25, 0.3) is 5.69 Å². The lowest BCUT2D eigenvalue weighted by molar-refractivity contribution is -0.384. The Morgan fingerprint density at radius 3 is 2.89 bits per heavy atom. The third-order valence-corrected chi connectivity index (χ3v) is 3.18. The lowest BCUT2D eigenvalue weighted by Crippen LogP contribution is -1.88. The number of aryl methyl sites for hydroxylation is 1.